The zero-order chi connectivity index (χ0) is 35.7. The summed E-state index contributed by atoms with van der Waals surface area (Å²) in [7, 11) is 0. The van der Waals surface area contributed by atoms with Gasteiger partial charge in [0.05, 0.1) is 5.69 Å². The van der Waals surface area contributed by atoms with Gasteiger partial charge in [-0.15, -0.1) is 0 Å². The van der Waals surface area contributed by atoms with E-state index in [1.807, 2.05) is 0 Å². The first kappa shape index (κ1) is 31.3. The predicted octanol–water partition coefficient (Wildman–Crippen LogP) is 14.6. The van der Waals surface area contributed by atoms with E-state index in [1.54, 1.807) is 0 Å². The van der Waals surface area contributed by atoms with E-state index in [-0.39, 0.29) is 5.41 Å². The Morgan fingerprint density at radius 2 is 0.981 bits per heavy atom. The van der Waals surface area contributed by atoms with Crippen LogP contribution in [0.3, 0.4) is 0 Å². The fraction of sp³-hybridized carbons (Fsp3) is 0.0769. The third-order valence-corrected chi connectivity index (χ3v) is 11.6. The molecule has 9 aromatic carbocycles. The van der Waals surface area contributed by atoms with Crippen LogP contribution >= 0.6 is 0 Å². The van der Waals surface area contributed by atoms with Crippen LogP contribution in [0.1, 0.15) is 30.5 Å². The molecular formula is C52H39N. The number of nitrogens with zero attached hydrogens (tertiary/aromatic N) is 1. The van der Waals surface area contributed by atoms with Crippen LogP contribution in [0.5, 0.6) is 0 Å². The summed E-state index contributed by atoms with van der Waals surface area (Å²) < 4.78 is 0. The van der Waals surface area contributed by atoms with Gasteiger partial charge in [0.15, 0.2) is 0 Å². The molecule has 0 amide bonds. The van der Waals surface area contributed by atoms with Crippen LogP contribution in [-0.2, 0) is 5.41 Å². The maximum Gasteiger partial charge on any atom is 0.0546 e. The number of hydrogen-bond donors (Lipinski definition) is 0. The van der Waals surface area contributed by atoms with E-state index in [4.69, 9.17) is 0 Å². The standard InChI is InChI=1S/C52H39N/c1-34-14-4-7-17-40(34)51-42-19-9-5-15-35(42)26-30-43(51)36-24-27-38(28-25-36)53(50-32-37-16-6-8-18-41(37)44-20-10-11-22-47(44)50)39-29-31-46-45-21-12-13-23-48(45)52(2,3)49(46)33-39/h4-33H,1-3H3. The molecule has 0 radical (unpaired) electrons. The molecule has 252 valence electrons. The largest absolute Gasteiger partial charge is 0.310 e. The highest BCUT2D eigenvalue weighted by atomic mass is 15.1. The van der Waals surface area contributed by atoms with Crippen LogP contribution in [0.4, 0.5) is 17.1 Å². The normalized spacial score (nSPS) is 13.0. The lowest BCUT2D eigenvalue weighted by Crippen LogP contribution is -2.16. The third-order valence-electron chi connectivity index (χ3n) is 11.6. The predicted molar refractivity (Wildman–Crippen MR) is 227 cm³/mol. The minimum absolute atomic E-state index is 0.106. The third kappa shape index (κ3) is 4.92. The lowest BCUT2D eigenvalue weighted by molar-refractivity contribution is 0.660. The number of hydrogen-bond acceptors (Lipinski definition) is 1. The Balaban J connectivity index is 1.19. The fourth-order valence-corrected chi connectivity index (χ4v) is 8.92. The van der Waals surface area contributed by atoms with E-state index in [2.05, 4.69) is 208 Å². The van der Waals surface area contributed by atoms with Crippen LogP contribution in [0.25, 0.3) is 65.7 Å². The lowest BCUT2D eigenvalue weighted by Gasteiger charge is -2.29. The Labute approximate surface area is 311 Å². The minimum atomic E-state index is -0.106. The first-order valence-corrected chi connectivity index (χ1v) is 18.6. The zero-order valence-electron chi connectivity index (χ0n) is 30.3. The van der Waals surface area contributed by atoms with Crippen molar-refractivity contribution in [2.75, 3.05) is 4.90 Å². The van der Waals surface area contributed by atoms with Crippen molar-refractivity contribution in [2.24, 2.45) is 0 Å². The molecule has 1 aliphatic rings. The Morgan fingerprint density at radius 1 is 0.396 bits per heavy atom. The van der Waals surface area contributed by atoms with Gasteiger partial charge in [-0.1, -0.05) is 166 Å². The van der Waals surface area contributed by atoms with Crippen molar-refractivity contribution >= 4 is 49.4 Å². The molecule has 0 heterocycles. The molecule has 1 aliphatic carbocycles. The molecule has 1 nitrogen and oxygen atoms in total. The molecule has 0 bridgehead atoms. The Bertz CT molecular complexity index is 2880. The maximum atomic E-state index is 2.47. The highest BCUT2D eigenvalue weighted by Gasteiger charge is 2.36. The highest BCUT2D eigenvalue weighted by molar-refractivity contribution is 6.14. The highest BCUT2D eigenvalue weighted by Crippen LogP contribution is 2.51. The molecule has 9 aromatic rings. The van der Waals surface area contributed by atoms with Crippen molar-refractivity contribution in [3.05, 3.63) is 199 Å². The Hall–Kier alpha value is -6.44. The van der Waals surface area contributed by atoms with Crippen LogP contribution in [-0.4, -0.2) is 0 Å². The van der Waals surface area contributed by atoms with Gasteiger partial charge in [-0.2, -0.15) is 0 Å². The summed E-state index contributed by atoms with van der Waals surface area (Å²) >= 11 is 0. The lowest BCUT2D eigenvalue weighted by atomic mass is 9.82. The van der Waals surface area contributed by atoms with E-state index in [1.165, 1.54) is 88.1 Å². The first-order chi connectivity index (χ1) is 26.0. The molecule has 0 aliphatic heterocycles. The SMILES string of the molecule is Cc1ccccc1-c1c(-c2ccc(N(c3ccc4c(c3)C(C)(C)c3ccccc3-4)c3cc4ccccc4c4ccccc34)cc2)ccc2ccccc12. The van der Waals surface area contributed by atoms with Crippen LogP contribution in [0.2, 0.25) is 0 Å². The van der Waals surface area contributed by atoms with Gasteiger partial charge in [0.25, 0.3) is 0 Å². The Morgan fingerprint density at radius 3 is 1.77 bits per heavy atom. The van der Waals surface area contributed by atoms with Crippen molar-refractivity contribution in [1.29, 1.82) is 0 Å². The summed E-state index contributed by atoms with van der Waals surface area (Å²) in [5.41, 5.74) is 15.0. The summed E-state index contributed by atoms with van der Waals surface area (Å²) in [6.07, 6.45) is 0. The van der Waals surface area contributed by atoms with Gasteiger partial charge in [-0.3, -0.25) is 0 Å². The topological polar surface area (TPSA) is 3.24 Å². The van der Waals surface area contributed by atoms with E-state index >= 15 is 0 Å². The average Bonchev–Trinajstić information content (AvgIpc) is 3.43. The van der Waals surface area contributed by atoms with Gasteiger partial charge in [0.1, 0.15) is 0 Å². The van der Waals surface area contributed by atoms with Crippen molar-refractivity contribution in [1.82, 2.24) is 0 Å². The molecule has 0 spiro atoms. The van der Waals surface area contributed by atoms with Gasteiger partial charge in [0, 0.05) is 22.2 Å². The molecule has 0 aromatic heterocycles. The van der Waals surface area contributed by atoms with Crippen LogP contribution in [0.15, 0.2) is 182 Å². The van der Waals surface area contributed by atoms with Crippen molar-refractivity contribution in [2.45, 2.75) is 26.2 Å². The van der Waals surface area contributed by atoms with Crippen LogP contribution in [0, 0.1) is 6.92 Å². The summed E-state index contributed by atoms with van der Waals surface area (Å²) in [6, 6.07) is 67.3. The fourth-order valence-electron chi connectivity index (χ4n) is 8.92. The smallest absolute Gasteiger partial charge is 0.0546 e. The molecule has 0 atom stereocenters. The second-order valence-corrected chi connectivity index (χ2v) is 15.0. The molecular weight excluding hydrogens is 639 g/mol. The van der Waals surface area contributed by atoms with Gasteiger partial charge in [-0.25, -0.2) is 0 Å². The molecule has 0 fully saturated rings. The number of fused-ring (bicyclic) bond motifs is 7. The second kappa shape index (κ2) is 12.1. The summed E-state index contributed by atoms with van der Waals surface area (Å²) in [5, 5.41) is 7.52. The van der Waals surface area contributed by atoms with Crippen molar-refractivity contribution < 1.29 is 0 Å². The van der Waals surface area contributed by atoms with E-state index < -0.39 is 0 Å². The maximum absolute atomic E-state index is 2.47. The van der Waals surface area contributed by atoms with Gasteiger partial charge in [0.2, 0.25) is 0 Å². The molecule has 53 heavy (non-hydrogen) atoms. The number of aryl methyl sites for hydroxylation is 1. The summed E-state index contributed by atoms with van der Waals surface area (Å²) in [4.78, 5) is 2.47. The van der Waals surface area contributed by atoms with Crippen molar-refractivity contribution in [3.63, 3.8) is 0 Å². The van der Waals surface area contributed by atoms with Crippen molar-refractivity contribution in [3.8, 4) is 33.4 Å². The van der Waals surface area contributed by atoms with E-state index in [0.29, 0.717) is 0 Å². The molecule has 0 saturated heterocycles. The average molecular weight is 678 g/mol. The molecule has 0 N–H and O–H groups in total. The van der Waals surface area contributed by atoms with Gasteiger partial charge < -0.3 is 4.90 Å². The zero-order valence-corrected chi connectivity index (χ0v) is 30.3. The van der Waals surface area contributed by atoms with Gasteiger partial charge in [-0.05, 0) is 114 Å². The van der Waals surface area contributed by atoms with Crippen LogP contribution < -0.4 is 4.90 Å². The monoisotopic (exact) mass is 677 g/mol. The molecule has 10 rings (SSSR count). The van der Waals surface area contributed by atoms with E-state index in [9.17, 15) is 0 Å². The molecule has 0 unspecified atom stereocenters. The Kier molecular flexibility index (Phi) is 7.13. The molecule has 1 heteroatoms. The van der Waals surface area contributed by atoms with E-state index in [0.717, 1.165) is 11.4 Å². The number of anilines is 3. The second-order valence-electron chi connectivity index (χ2n) is 15.0. The summed E-state index contributed by atoms with van der Waals surface area (Å²) in [6.45, 7) is 6.94. The number of rotatable bonds is 5. The summed E-state index contributed by atoms with van der Waals surface area (Å²) in [5.74, 6) is 0. The van der Waals surface area contributed by atoms with Gasteiger partial charge >= 0.3 is 0 Å². The number of benzene rings is 9. The quantitative estimate of drug-likeness (QED) is 0.164. The molecule has 0 saturated carbocycles. The minimum Gasteiger partial charge on any atom is -0.310 e. The first-order valence-electron chi connectivity index (χ1n) is 18.6.